The number of nitriles is 1. The van der Waals surface area contributed by atoms with E-state index in [0.717, 1.165) is 4.47 Å². The van der Waals surface area contributed by atoms with Gasteiger partial charge in [-0.3, -0.25) is 4.79 Å². The van der Waals surface area contributed by atoms with Crippen LogP contribution in [0.15, 0.2) is 52.0 Å². The molecule has 0 spiro atoms. The summed E-state index contributed by atoms with van der Waals surface area (Å²) in [5.74, 6) is 0.556. The zero-order chi connectivity index (χ0) is 17.4. The Balaban J connectivity index is 2.11. The van der Waals surface area contributed by atoms with E-state index in [9.17, 15) is 4.79 Å². The Morgan fingerprint density at radius 1 is 1.33 bits per heavy atom. The van der Waals surface area contributed by atoms with Gasteiger partial charge >= 0.3 is 0 Å². The number of hydrogen-bond donors (Lipinski definition) is 1. The average Bonchev–Trinajstić information content (AvgIpc) is 2.60. The monoisotopic (exact) mass is 387 g/mol. The molecule has 1 amide bonds. The molecule has 0 heterocycles. The quantitative estimate of drug-likeness (QED) is 0.609. The third kappa shape index (κ3) is 4.57. The predicted octanol–water partition coefficient (Wildman–Crippen LogP) is 3.12. The molecule has 2 aromatic rings. The van der Waals surface area contributed by atoms with Crippen molar-refractivity contribution in [3.8, 4) is 17.6 Å². The van der Waals surface area contributed by atoms with Crippen LogP contribution in [-0.2, 0) is 0 Å². The number of nitrogens with zero attached hydrogens (tertiary/aromatic N) is 2. The third-order valence-corrected chi connectivity index (χ3v) is 3.48. The van der Waals surface area contributed by atoms with Crippen molar-refractivity contribution < 1.29 is 14.3 Å². The van der Waals surface area contributed by atoms with Gasteiger partial charge in [0.2, 0.25) is 0 Å². The summed E-state index contributed by atoms with van der Waals surface area (Å²) in [6.07, 6.45) is 1.45. The van der Waals surface area contributed by atoms with Gasteiger partial charge < -0.3 is 9.47 Å². The van der Waals surface area contributed by atoms with E-state index >= 15 is 0 Å². The lowest BCUT2D eigenvalue weighted by Gasteiger charge is -2.07. The fraction of sp³-hybridized carbons (Fsp3) is 0.118. The lowest BCUT2D eigenvalue weighted by molar-refractivity contribution is 0.0952. The van der Waals surface area contributed by atoms with Crippen molar-refractivity contribution >= 4 is 28.1 Å². The second kappa shape index (κ2) is 8.70. The van der Waals surface area contributed by atoms with Crippen molar-refractivity contribution in [2.75, 3.05) is 13.7 Å². The molecule has 122 valence electrons. The molecule has 0 aliphatic rings. The molecule has 0 aliphatic carbocycles. The van der Waals surface area contributed by atoms with Crippen molar-refractivity contribution in [2.45, 2.75) is 0 Å². The van der Waals surface area contributed by atoms with E-state index in [1.54, 1.807) is 42.5 Å². The number of halogens is 1. The molecule has 6 nitrogen and oxygen atoms in total. The van der Waals surface area contributed by atoms with E-state index in [2.05, 4.69) is 26.5 Å². The first-order chi connectivity index (χ1) is 11.7. The molecule has 0 fully saturated rings. The molecule has 0 aromatic heterocycles. The Kier molecular flexibility index (Phi) is 6.34. The van der Waals surface area contributed by atoms with Crippen LogP contribution in [0, 0.1) is 11.3 Å². The van der Waals surface area contributed by atoms with Gasteiger partial charge in [0.1, 0.15) is 17.6 Å². The maximum atomic E-state index is 12.2. The van der Waals surface area contributed by atoms with Crippen molar-refractivity contribution in [1.29, 1.82) is 5.26 Å². The number of rotatable bonds is 6. The topological polar surface area (TPSA) is 83.7 Å². The zero-order valence-electron chi connectivity index (χ0n) is 12.8. The SMILES string of the molecule is COc1ccc(Br)cc1C(=O)N/N=C\c1ccccc1OCC#N. The maximum Gasteiger partial charge on any atom is 0.275 e. The van der Waals surface area contributed by atoms with Crippen LogP contribution in [0.1, 0.15) is 15.9 Å². The third-order valence-electron chi connectivity index (χ3n) is 2.99. The minimum Gasteiger partial charge on any atom is -0.496 e. The summed E-state index contributed by atoms with van der Waals surface area (Å²) >= 11 is 3.32. The molecule has 0 bridgehead atoms. The summed E-state index contributed by atoms with van der Waals surface area (Å²) in [7, 11) is 1.49. The summed E-state index contributed by atoms with van der Waals surface area (Å²) in [5.41, 5.74) is 3.45. The van der Waals surface area contributed by atoms with Crippen molar-refractivity contribution in [3.63, 3.8) is 0 Å². The molecule has 0 unspecified atom stereocenters. The van der Waals surface area contributed by atoms with Crippen LogP contribution in [0.5, 0.6) is 11.5 Å². The van der Waals surface area contributed by atoms with Gasteiger partial charge in [0.05, 0.1) is 18.9 Å². The van der Waals surface area contributed by atoms with Gasteiger partial charge in [-0.05, 0) is 30.3 Å². The lowest BCUT2D eigenvalue weighted by Crippen LogP contribution is -2.18. The molecular weight excluding hydrogens is 374 g/mol. The normalized spacial score (nSPS) is 10.2. The Labute approximate surface area is 147 Å². The van der Waals surface area contributed by atoms with E-state index in [1.165, 1.54) is 13.3 Å². The van der Waals surface area contributed by atoms with Crippen LogP contribution in [0.2, 0.25) is 0 Å². The molecule has 0 aliphatic heterocycles. The minimum absolute atomic E-state index is 0.0630. The second-order valence-corrected chi connectivity index (χ2v) is 5.44. The highest BCUT2D eigenvalue weighted by Gasteiger charge is 2.12. The summed E-state index contributed by atoms with van der Waals surface area (Å²) in [6.45, 7) is -0.0630. The first-order valence-corrected chi connectivity index (χ1v) is 7.70. The van der Waals surface area contributed by atoms with Crippen LogP contribution in [0.3, 0.4) is 0 Å². The van der Waals surface area contributed by atoms with Crippen molar-refractivity contribution in [3.05, 3.63) is 58.1 Å². The highest BCUT2D eigenvalue weighted by molar-refractivity contribution is 9.10. The van der Waals surface area contributed by atoms with Crippen LogP contribution in [0.4, 0.5) is 0 Å². The predicted molar refractivity (Wildman–Crippen MR) is 93.3 cm³/mol. The summed E-state index contributed by atoms with van der Waals surface area (Å²) in [5, 5.41) is 12.5. The van der Waals surface area contributed by atoms with Crippen LogP contribution < -0.4 is 14.9 Å². The van der Waals surface area contributed by atoms with Gasteiger partial charge in [0.25, 0.3) is 5.91 Å². The molecule has 24 heavy (non-hydrogen) atoms. The standard InChI is InChI=1S/C17H14BrN3O3/c1-23-16-7-6-13(18)10-14(16)17(22)21-20-11-12-4-2-3-5-15(12)24-9-8-19/h2-7,10-11H,9H2,1H3,(H,21,22)/b20-11-. The molecule has 2 aromatic carbocycles. The number of methoxy groups -OCH3 is 1. The summed E-state index contributed by atoms with van der Waals surface area (Å²) < 4.78 is 11.2. The van der Waals surface area contributed by atoms with E-state index in [1.807, 2.05) is 6.07 Å². The van der Waals surface area contributed by atoms with E-state index in [-0.39, 0.29) is 6.61 Å². The fourth-order valence-corrected chi connectivity index (χ4v) is 2.27. The largest absolute Gasteiger partial charge is 0.496 e. The number of hydrogen-bond acceptors (Lipinski definition) is 5. The molecule has 2 rings (SSSR count). The highest BCUT2D eigenvalue weighted by Crippen LogP contribution is 2.22. The van der Waals surface area contributed by atoms with E-state index in [0.29, 0.717) is 22.6 Å². The summed E-state index contributed by atoms with van der Waals surface area (Å²) in [4.78, 5) is 12.2. The smallest absolute Gasteiger partial charge is 0.275 e. The van der Waals surface area contributed by atoms with Gasteiger partial charge in [0.15, 0.2) is 6.61 Å². The highest BCUT2D eigenvalue weighted by atomic mass is 79.9. The lowest BCUT2D eigenvalue weighted by atomic mass is 10.2. The number of hydrazone groups is 1. The van der Waals surface area contributed by atoms with Gasteiger partial charge in [-0.2, -0.15) is 10.4 Å². The minimum atomic E-state index is -0.403. The Hall–Kier alpha value is -2.85. The van der Waals surface area contributed by atoms with E-state index in [4.69, 9.17) is 14.7 Å². The molecule has 0 saturated carbocycles. The first kappa shape index (κ1) is 17.5. The summed E-state index contributed by atoms with van der Waals surface area (Å²) in [6, 6.07) is 14.1. The van der Waals surface area contributed by atoms with Crippen LogP contribution in [-0.4, -0.2) is 25.8 Å². The van der Waals surface area contributed by atoms with Gasteiger partial charge in [-0.25, -0.2) is 5.43 Å². The maximum absolute atomic E-state index is 12.2. The van der Waals surface area contributed by atoms with Crippen LogP contribution in [0.25, 0.3) is 0 Å². The molecule has 1 N–H and O–H groups in total. The van der Waals surface area contributed by atoms with Crippen molar-refractivity contribution in [2.24, 2.45) is 5.10 Å². The van der Waals surface area contributed by atoms with Gasteiger partial charge in [-0.1, -0.05) is 28.1 Å². The molecule has 0 saturated heterocycles. The molecular formula is C17H14BrN3O3. The molecule has 0 radical (unpaired) electrons. The van der Waals surface area contributed by atoms with Crippen LogP contribution >= 0.6 is 15.9 Å². The number of amides is 1. The number of nitrogens with one attached hydrogen (secondary N) is 1. The van der Waals surface area contributed by atoms with Gasteiger partial charge in [0, 0.05) is 10.0 Å². The number of benzene rings is 2. The number of carbonyl (C=O) groups is 1. The Bertz CT molecular complexity index is 800. The Morgan fingerprint density at radius 2 is 2.12 bits per heavy atom. The van der Waals surface area contributed by atoms with E-state index < -0.39 is 5.91 Å². The Morgan fingerprint density at radius 3 is 2.88 bits per heavy atom. The first-order valence-electron chi connectivity index (χ1n) is 6.91. The number of para-hydroxylation sites is 1. The zero-order valence-corrected chi connectivity index (χ0v) is 14.4. The molecule has 7 heteroatoms. The molecule has 0 atom stereocenters. The second-order valence-electron chi connectivity index (χ2n) is 4.53. The van der Waals surface area contributed by atoms with Crippen molar-refractivity contribution in [1.82, 2.24) is 5.43 Å². The number of carbonyl (C=O) groups excluding carboxylic acids is 1. The van der Waals surface area contributed by atoms with Gasteiger partial charge in [-0.15, -0.1) is 0 Å². The fourth-order valence-electron chi connectivity index (χ4n) is 1.91. The number of ether oxygens (including phenoxy) is 2. The average molecular weight is 388 g/mol.